The first kappa shape index (κ1) is 24.9. The van der Waals surface area contributed by atoms with Gasteiger partial charge in [0.1, 0.15) is 13.6 Å². The van der Waals surface area contributed by atoms with Crippen LogP contribution < -0.4 is 0 Å². The third-order valence-corrected chi connectivity index (χ3v) is 4.32. The fourth-order valence-corrected chi connectivity index (χ4v) is 2.55. The van der Waals surface area contributed by atoms with Crippen LogP contribution in [0.3, 0.4) is 0 Å². The van der Waals surface area contributed by atoms with Crippen molar-refractivity contribution in [1.29, 1.82) is 0 Å². The molecule has 0 aliphatic heterocycles. The lowest BCUT2D eigenvalue weighted by Crippen LogP contribution is -2.18. The van der Waals surface area contributed by atoms with E-state index in [1.54, 1.807) is 0 Å². The third-order valence-electron chi connectivity index (χ3n) is 3.88. The van der Waals surface area contributed by atoms with Gasteiger partial charge in [0.15, 0.2) is 0 Å². The van der Waals surface area contributed by atoms with Crippen LogP contribution in [0.1, 0.15) is 65.2 Å². The summed E-state index contributed by atoms with van der Waals surface area (Å²) in [6.07, 6.45) is 16.9. The Kier molecular flexibility index (Phi) is 20.2. The van der Waals surface area contributed by atoms with Gasteiger partial charge < -0.3 is 14.2 Å². The predicted molar refractivity (Wildman–Crippen MR) is 109 cm³/mol. The van der Waals surface area contributed by atoms with Gasteiger partial charge in [-0.2, -0.15) is 0 Å². The second kappa shape index (κ2) is 20.3. The summed E-state index contributed by atoms with van der Waals surface area (Å²) in [6, 6.07) is 0. The van der Waals surface area contributed by atoms with Crippen molar-refractivity contribution in [2.45, 2.75) is 77.4 Å². The molecular formula is C20H36Cl2O3. The van der Waals surface area contributed by atoms with Crippen LogP contribution in [0.5, 0.6) is 0 Å². The molecule has 0 bridgehead atoms. The Morgan fingerprint density at radius 3 is 1.44 bits per heavy atom. The van der Waals surface area contributed by atoms with E-state index in [4.69, 9.17) is 37.4 Å². The van der Waals surface area contributed by atoms with Crippen molar-refractivity contribution in [3.05, 3.63) is 24.3 Å². The van der Waals surface area contributed by atoms with Crippen molar-refractivity contribution >= 4 is 23.2 Å². The van der Waals surface area contributed by atoms with Gasteiger partial charge in [-0.3, -0.25) is 0 Å². The smallest absolute Gasteiger partial charge is 0.149 e. The predicted octanol–water partition coefficient (Wildman–Crippen LogP) is 6.44. The summed E-state index contributed by atoms with van der Waals surface area (Å²) in [5.41, 5.74) is 0. The van der Waals surface area contributed by atoms with Gasteiger partial charge in [0.2, 0.25) is 0 Å². The molecule has 0 amide bonds. The van der Waals surface area contributed by atoms with Crippen molar-refractivity contribution in [1.82, 2.24) is 0 Å². The Morgan fingerprint density at radius 2 is 1.08 bits per heavy atom. The van der Waals surface area contributed by atoms with Crippen LogP contribution >= 0.6 is 23.2 Å². The highest BCUT2D eigenvalue weighted by Gasteiger charge is 2.07. The zero-order valence-electron chi connectivity index (χ0n) is 15.9. The fraction of sp³-hybridized carbons (Fsp3) is 0.800. The lowest BCUT2D eigenvalue weighted by atomic mass is 10.1. The molecule has 0 saturated carbocycles. The zero-order valence-corrected chi connectivity index (χ0v) is 17.4. The second-order valence-corrected chi connectivity index (χ2v) is 6.64. The van der Waals surface area contributed by atoms with Crippen LogP contribution in [-0.4, -0.2) is 37.6 Å². The van der Waals surface area contributed by atoms with Crippen LogP contribution in [0.25, 0.3) is 0 Å². The first-order valence-corrected chi connectivity index (χ1v) is 10.6. The summed E-state index contributed by atoms with van der Waals surface area (Å²) in [5, 5.41) is 0. The van der Waals surface area contributed by atoms with E-state index in [9.17, 15) is 0 Å². The molecule has 3 nitrogen and oxygen atoms in total. The molecule has 0 aliphatic carbocycles. The van der Waals surface area contributed by atoms with E-state index in [-0.39, 0.29) is 25.8 Å². The minimum atomic E-state index is 0.231. The van der Waals surface area contributed by atoms with Crippen LogP contribution in [0, 0.1) is 0 Å². The van der Waals surface area contributed by atoms with Gasteiger partial charge in [-0.15, -0.1) is 23.2 Å². The van der Waals surface area contributed by atoms with E-state index in [0.717, 1.165) is 51.4 Å². The minimum absolute atomic E-state index is 0.231. The van der Waals surface area contributed by atoms with Gasteiger partial charge >= 0.3 is 0 Å². The first-order valence-electron chi connectivity index (χ1n) is 9.51. The van der Waals surface area contributed by atoms with Crippen molar-refractivity contribution in [2.75, 3.05) is 25.3 Å². The van der Waals surface area contributed by atoms with Gasteiger partial charge in [0, 0.05) is 11.8 Å². The van der Waals surface area contributed by atoms with E-state index in [1.807, 2.05) is 0 Å². The molecule has 0 aliphatic rings. The SMILES string of the molecule is CCC(CC/C=C\CCCl)OCOCOC(CC)CC/C=C\CCCl. The maximum Gasteiger partial charge on any atom is 0.149 e. The molecule has 0 heterocycles. The standard InChI is InChI=1S/C20H36Cl2O3/c1-3-19(13-9-5-7-11-15-21)24-17-23-18-25-20(4-2)14-10-6-8-12-16-22/h5-8,19-20H,3-4,9-18H2,1-2H3/b7-5-,8-6-. The van der Waals surface area contributed by atoms with E-state index < -0.39 is 0 Å². The molecule has 0 aromatic rings. The van der Waals surface area contributed by atoms with Gasteiger partial charge in [-0.25, -0.2) is 0 Å². The maximum atomic E-state index is 5.75. The maximum absolute atomic E-state index is 5.75. The summed E-state index contributed by atoms with van der Waals surface area (Å²) in [5.74, 6) is 1.36. The first-order chi connectivity index (χ1) is 12.3. The highest BCUT2D eigenvalue weighted by molar-refractivity contribution is 6.18. The molecule has 148 valence electrons. The number of rotatable bonds is 18. The summed E-state index contributed by atoms with van der Waals surface area (Å²) in [7, 11) is 0. The van der Waals surface area contributed by atoms with Crippen LogP contribution in [0.4, 0.5) is 0 Å². The molecule has 0 spiro atoms. The Balaban J connectivity index is 3.68. The molecule has 0 radical (unpaired) electrons. The molecule has 0 aromatic carbocycles. The van der Waals surface area contributed by atoms with Gasteiger partial charge in [0.05, 0.1) is 12.2 Å². The highest BCUT2D eigenvalue weighted by Crippen LogP contribution is 2.10. The number of allylic oxidation sites excluding steroid dienone is 4. The molecule has 25 heavy (non-hydrogen) atoms. The van der Waals surface area contributed by atoms with Gasteiger partial charge in [-0.1, -0.05) is 38.2 Å². The van der Waals surface area contributed by atoms with Crippen molar-refractivity contribution < 1.29 is 14.2 Å². The topological polar surface area (TPSA) is 27.7 Å². The number of hydrogen-bond donors (Lipinski definition) is 0. The van der Waals surface area contributed by atoms with E-state index in [2.05, 4.69) is 38.2 Å². The lowest BCUT2D eigenvalue weighted by Gasteiger charge is -2.18. The van der Waals surface area contributed by atoms with Crippen molar-refractivity contribution in [3.63, 3.8) is 0 Å². The number of ether oxygens (including phenoxy) is 3. The Morgan fingerprint density at radius 1 is 0.680 bits per heavy atom. The monoisotopic (exact) mass is 394 g/mol. The van der Waals surface area contributed by atoms with E-state index in [0.29, 0.717) is 11.8 Å². The highest BCUT2D eigenvalue weighted by atomic mass is 35.5. The third kappa shape index (κ3) is 17.1. The zero-order chi connectivity index (χ0) is 18.6. The molecule has 2 unspecified atom stereocenters. The van der Waals surface area contributed by atoms with Gasteiger partial charge in [-0.05, 0) is 51.4 Å². The van der Waals surface area contributed by atoms with Crippen LogP contribution in [0.2, 0.25) is 0 Å². The Hall–Kier alpha value is -0.0600. The molecule has 0 aromatic heterocycles. The molecule has 2 atom stereocenters. The molecular weight excluding hydrogens is 359 g/mol. The normalized spacial score (nSPS) is 14.6. The largest absolute Gasteiger partial charge is 0.352 e. The van der Waals surface area contributed by atoms with Crippen LogP contribution in [-0.2, 0) is 14.2 Å². The lowest BCUT2D eigenvalue weighted by molar-refractivity contribution is -0.166. The summed E-state index contributed by atoms with van der Waals surface area (Å²) < 4.78 is 17.0. The van der Waals surface area contributed by atoms with Crippen molar-refractivity contribution in [2.24, 2.45) is 0 Å². The minimum Gasteiger partial charge on any atom is -0.352 e. The molecule has 0 saturated heterocycles. The summed E-state index contributed by atoms with van der Waals surface area (Å²) in [4.78, 5) is 0. The second-order valence-electron chi connectivity index (χ2n) is 5.89. The van der Waals surface area contributed by atoms with Crippen molar-refractivity contribution in [3.8, 4) is 0 Å². The molecule has 0 N–H and O–H groups in total. The Labute approximate surface area is 164 Å². The molecule has 5 heteroatoms. The van der Waals surface area contributed by atoms with E-state index in [1.165, 1.54) is 0 Å². The fourth-order valence-electron chi connectivity index (χ4n) is 2.29. The number of alkyl halides is 2. The molecule has 0 fully saturated rings. The quantitative estimate of drug-likeness (QED) is 0.116. The Bertz CT molecular complexity index is 292. The molecule has 0 rings (SSSR count). The van der Waals surface area contributed by atoms with Crippen LogP contribution in [0.15, 0.2) is 24.3 Å². The summed E-state index contributed by atoms with van der Waals surface area (Å²) >= 11 is 11.3. The average molecular weight is 395 g/mol. The average Bonchev–Trinajstić information content (AvgIpc) is 2.64. The van der Waals surface area contributed by atoms with E-state index >= 15 is 0 Å². The number of halogens is 2. The number of hydrogen-bond acceptors (Lipinski definition) is 3. The van der Waals surface area contributed by atoms with Gasteiger partial charge in [0.25, 0.3) is 0 Å². The summed E-state index contributed by atoms with van der Waals surface area (Å²) in [6.45, 7) is 4.84.